The number of methoxy groups -OCH3 is 1. The van der Waals surface area contributed by atoms with E-state index in [0.29, 0.717) is 0 Å². The summed E-state index contributed by atoms with van der Waals surface area (Å²) in [5.41, 5.74) is 1.82. The summed E-state index contributed by atoms with van der Waals surface area (Å²) in [4.78, 5) is 16.5. The van der Waals surface area contributed by atoms with E-state index in [9.17, 15) is 9.18 Å². The molecule has 0 aliphatic heterocycles. The number of rotatable bonds is 6. The lowest BCUT2D eigenvalue weighted by atomic mass is 9.80. The molecule has 0 amide bonds. The Hall–Kier alpha value is -3.15. The van der Waals surface area contributed by atoms with E-state index in [-0.39, 0.29) is 17.8 Å². The van der Waals surface area contributed by atoms with Gasteiger partial charge in [-0.05, 0) is 55.8 Å². The topological polar surface area (TPSA) is 56.1 Å². The van der Waals surface area contributed by atoms with E-state index in [4.69, 9.17) is 4.74 Å². The van der Waals surface area contributed by atoms with Crippen molar-refractivity contribution >= 4 is 17.3 Å². The van der Waals surface area contributed by atoms with E-state index in [1.807, 2.05) is 48.9 Å². The lowest BCUT2D eigenvalue weighted by Gasteiger charge is -2.33. The summed E-state index contributed by atoms with van der Waals surface area (Å²) in [6.07, 6.45) is 5.21. The van der Waals surface area contributed by atoms with Crippen LogP contribution in [0.2, 0.25) is 0 Å². The number of aromatic nitrogens is 2. The van der Waals surface area contributed by atoms with Crippen LogP contribution in [0.5, 0.6) is 0 Å². The van der Waals surface area contributed by atoms with Crippen molar-refractivity contribution in [2.75, 3.05) is 12.4 Å². The maximum absolute atomic E-state index is 13.0. The first-order valence-electron chi connectivity index (χ1n) is 8.60. The third kappa shape index (κ3) is 4.00. The van der Waals surface area contributed by atoms with Gasteiger partial charge in [0, 0.05) is 23.8 Å². The first-order valence-corrected chi connectivity index (χ1v) is 8.60. The van der Waals surface area contributed by atoms with Crippen molar-refractivity contribution in [3.8, 4) is 0 Å². The highest BCUT2D eigenvalue weighted by Gasteiger charge is 2.40. The second kappa shape index (κ2) is 7.61. The molecule has 2 aromatic carbocycles. The van der Waals surface area contributed by atoms with Crippen LogP contribution in [0.1, 0.15) is 25.5 Å². The van der Waals surface area contributed by atoms with E-state index in [2.05, 4.69) is 10.3 Å². The number of ether oxygens (including phenoxy) is 1. The number of benzene rings is 2. The highest BCUT2D eigenvalue weighted by molar-refractivity contribution is 5.77. The molecule has 1 heterocycles. The number of nitrogens with zero attached hydrogens (tertiary/aromatic N) is 2. The van der Waals surface area contributed by atoms with Crippen molar-refractivity contribution in [3.63, 3.8) is 0 Å². The minimum absolute atomic E-state index is 0.271. The largest absolute Gasteiger partial charge is 0.469 e. The molecule has 5 nitrogen and oxygen atoms in total. The number of anilines is 2. The van der Waals surface area contributed by atoms with E-state index < -0.39 is 5.41 Å². The van der Waals surface area contributed by atoms with Crippen LogP contribution in [0, 0.1) is 11.2 Å². The van der Waals surface area contributed by atoms with Gasteiger partial charge in [0.1, 0.15) is 5.82 Å². The molecule has 3 aromatic rings. The molecular weight excluding hydrogens is 345 g/mol. The van der Waals surface area contributed by atoms with Gasteiger partial charge in [0.05, 0.1) is 24.9 Å². The standard InChI is InChI=1S/C21H22FN3O2/c1-21(2,20(26)27-3)19(25-13-12-23-14-25)15-4-8-17(9-5-15)24-18-10-6-16(22)7-11-18/h4-14,19,24H,1-3H3. The Kier molecular flexibility index (Phi) is 5.26. The lowest BCUT2D eigenvalue weighted by Crippen LogP contribution is -2.36. The molecule has 0 aliphatic rings. The zero-order valence-corrected chi connectivity index (χ0v) is 15.5. The molecule has 6 heteroatoms. The van der Waals surface area contributed by atoms with Crippen LogP contribution >= 0.6 is 0 Å². The van der Waals surface area contributed by atoms with Crippen molar-refractivity contribution in [1.82, 2.24) is 9.55 Å². The van der Waals surface area contributed by atoms with Crippen LogP contribution in [0.15, 0.2) is 67.3 Å². The van der Waals surface area contributed by atoms with Crippen molar-refractivity contribution in [2.45, 2.75) is 19.9 Å². The predicted molar refractivity (Wildman–Crippen MR) is 102 cm³/mol. The number of esters is 1. The zero-order chi connectivity index (χ0) is 19.4. The Morgan fingerprint density at radius 3 is 2.22 bits per heavy atom. The molecule has 1 unspecified atom stereocenters. The van der Waals surface area contributed by atoms with Gasteiger partial charge in [-0.3, -0.25) is 4.79 Å². The Morgan fingerprint density at radius 2 is 1.70 bits per heavy atom. The van der Waals surface area contributed by atoms with Crippen molar-refractivity contribution < 1.29 is 13.9 Å². The van der Waals surface area contributed by atoms with Crippen LogP contribution < -0.4 is 5.32 Å². The van der Waals surface area contributed by atoms with Gasteiger partial charge in [0.2, 0.25) is 0 Å². The van der Waals surface area contributed by atoms with E-state index in [1.54, 1.807) is 24.7 Å². The molecule has 27 heavy (non-hydrogen) atoms. The van der Waals surface area contributed by atoms with E-state index >= 15 is 0 Å². The lowest BCUT2D eigenvalue weighted by molar-refractivity contribution is -0.152. The van der Waals surface area contributed by atoms with Gasteiger partial charge in [-0.15, -0.1) is 0 Å². The maximum Gasteiger partial charge on any atom is 0.313 e. The molecule has 0 saturated heterocycles. The summed E-state index contributed by atoms with van der Waals surface area (Å²) in [7, 11) is 1.39. The first-order chi connectivity index (χ1) is 12.9. The number of imidazole rings is 1. The minimum atomic E-state index is -0.790. The second-order valence-electron chi connectivity index (χ2n) is 6.88. The fraction of sp³-hybridized carbons (Fsp3) is 0.238. The van der Waals surface area contributed by atoms with Crippen molar-refractivity contribution in [1.29, 1.82) is 0 Å². The number of carbonyl (C=O) groups is 1. The van der Waals surface area contributed by atoms with Crippen LogP contribution in [0.25, 0.3) is 0 Å². The van der Waals surface area contributed by atoms with Gasteiger partial charge in [-0.25, -0.2) is 9.37 Å². The highest BCUT2D eigenvalue weighted by Crippen LogP contribution is 2.38. The molecule has 1 aromatic heterocycles. The molecular formula is C21H22FN3O2. The summed E-state index contributed by atoms with van der Waals surface area (Å²) in [6.45, 7) is 3.71. The van der Waals surface area contributed by atoms with Crippen LogP contribution in [-0.2, 0) is 9.53 Å². The number of carbonyl (C=O) groups excluding carboxylic acids is 1. The first kappa shape index (κ1) is 18.6. The molecule has 0 saturated carbocycles. The molecule has 3 rings (SSSR count). The quantitative estimate of drug-likeness (QED) is 0.649. The van der Waals surface area contributed by atoms with Crippen molar-refractivity contribution in [2.24, 2.45) is 5.41 Å². The zero-order valence-electron chi connectivity index (χ0n) is 15.5. The monoisotopic (exact) mass is 367 g/mol. The van der Waals surface area contributed by atoms with Crippen LogP contribution in [0.4, 0.5) is 15.8 Å². The Morgan fingerprint density at radius 1 is 1.11 bits per heavy atom. The number of nitrogens with one attached hydrogen (secondary N) is 1. The average Bonchev–Trinajstić information content (AvgIpc) is 3.18. The molecule has 0 fully saturated rings. The van der Waals surface area contributed by atoms with Crippen LogP contribution in [0.3, 0.4) is 0 Å². The van der Waals surface area contributed by atoms with Gasteiger partial charge < -0.3 is 14.6 Å². The van der Waals surface area contributed by atoms with Gasteiger partial charge >= 0.3 is 5.97 Å². The Balaban J connectivity index is 1.89. The van der Waals surface area contributed by atoms with E-state index in [1.165, 1.54) is 19.2 Å². The molecule has 1 atom stereocenters. The molecule has 0 radical (unpaired) electrons. The number of hydrogen-bond acceptors (Lipinski definition) is 4. The molecule has 0 bridgehead atoms. The van der Waals surface area contributed by atoms with Gasteiger partial charge in [0.25, 0.3) is 0 Å². The highest BCUT2D eigenvalue weighted by atomic mass is 19.1. The normalized spacial score (nSPS) is 12.4. The van der Waals surface area contributed by atoms with E-state index in [0.717, 1.165) is 16.9 Å². The smallest absolute Gasteiger partial charge is 0.313 e. The number of hydrogen-bond donors (Lipinski definition) is 1. The second-order valence-corrected chi connectivity index (χ2v) is 6.88. The Labute approximate surface area is 157 Å². The molecule has 1 N–H and O–H groups in total. The SMILES string of the molecule is COC(=O)C(C)(C)C(c1ccc(Nc2ccc(F)cc2)cc1)n1ccnc1. The predicted octanol–water partition coefficient (Wildman–Crippen LogP) is 4.55. The summed E-state index contributed by atoms with van der Waals surface area (Å²) >= 11 is 0. The van der Waals surface area contributed by atoms with Gasteiger partial charge in [-0.1, -0.05) is 12.1 Å². The molecule has 0 spiro atoms. The summed E-state index contributed by atoms with van der Waals surface area (Å²) in [5, 5.41) is 3.23. The maximum atomic E-state index is 13.0. The Bertz CT molecular complexity index is 888. The summed E-state index contributed by atoms with van der Waals surface area (Å²) in [5.74, 6) is -0.571. The van der Waals surface area contributed by atoms with Gasteiger partial charge in [0.15, 0.2) is 0 Å². The third-order valence-corrected chi connectivity index (χ3v) is 4.58. The minimum Gasteiger partial charge on any atom is -0.469 e. The fourth-order valence-corrected chi connectivity index (χ4v) is 3.21. The van der Waals surface area contributed by atoms with Gasteiger partial charge in [-0.2, -0.15) is 0 Å². The van der Waals surface area contributed by atoms with Crippen LogP contribution in [-0.4, -0.2) is 22.6 Å². The fourth-order valence-electron chi connectivity index (χ4n) is 3.21. The average molecular weight is 367 g/mol. The van der Waals surface area contributed by atoms with Crippen molar-refractivity contribution in [3.05, 3.63) is 78.6 Å². The number of halogens is 1. The molecule has 0 aliphatic carbocycles. The molecule has 140 valence electrons. The summed E-state index contributed by atoms with van der Waals surface area (Å²) < 4.78 is 19.9. The summed E-state index contributed by atoms with van der Waals surface area (Å²) in [6, 6.07) is 13.7. The third-order valence-electron chi connectivity index (χ3n) is 4.58.